The molecule has 18 heavy (non-hydrogen) atoms. The van der Waals surface area contributed by atoms with Crippen molar-refractivity contribution in [2.45, 2.75) is 82.6 Å². The second-order valence-corrected chi connectivity index (χ2v) is 6.67. The van der Waals surface area contributed by atoms with Gasteiger partial charge in [-0.05, 0) is 63.8 Å². The Balaban J connectivity index is 1.82. The molecule has 1 N–H and O–H groups in total. The van der Waals surface area contributed by atoms with Crippen molar-refractivity contribution in [2.24, 2.45) is 5.92 Å². The third-order valence-corrected chi connectivity index (χ3v) is 5.33. The maximum atomic E-state index is 4.01. The summed E-state index contributed by atoms with van der Waals surface area (Å²) in [6.07, 6.45) is 19.8. The molecule has 3 aliphatic rings. The van der Waals surface area contributed by atoms with Crippen LogP contribution in [0.1, 0.15) is 77.0 Å². The van der Waals surface area contributed by atoms with Crippen LogP contribution in [0, 0.1) is 5.92 Å². The molecule has 1 heteroatoms. The molecule has 1 saturated carbocycles. The summed E-state index contributed by atoms with van der Waals surface area (Å²) in [6.45, 7) is 1.26. The maximum absolute atomic E-state index is 4.01. The molecule has 0 bridgehead atoms. The van der Waals surface area contributed by atoms with Gasteiger partial charge in [0, 0.05) is 5.54 Å². The first kappa shape index (κ1) is 12.7. The van der Waals surface area contributed by atoms with Crippen LogP contribution in [0.3, 0.4) is 0 Å². The van der Waals surface area contributed by atoms with Gasteiger partial charge in [-0.1, -0.05) is 37.3 Å². The van der Waals surface area contributed by atoms with Crippen LogP contribution in [-0.2, 0) is 0 Å². The highest BCUT2D eigenvalue weighted by molar-refractivity contribution is 5.26. The number of allylic oxidation sites excluding steroid dienone is 1. The Morgan fingerprint density at radius 1 is 0.944 bits per heavy atom. The topological polar surface area (TPSA) is 12.0 Å². The molecule has 1 unspecified atom stereocenters. The summed E-state index contributed by atoms with van der Waals surface area (Å²) in [6, 6.07) is 0. The van der Waals surface area contributed by atoms with Crippen molar-refractivity contribution in [2.75, 3.05) is 6.54 Å². The van der Waals surface area contributed by atoms with E-state index in [4.69, 9.17) is 0 Å². The summed E-state index contributed by atoms with van der Waals surface area (Å²) in [4.78, 5) is 0. The van der Waals surface area contributed by atoms with E-state index in [-0.39, 0.29) is 0 Å². The van der Waals surface area contributed by atoms with Gasteiger partial charge in [-0.3, -0.25) is 0 Å². The Hall–Kier alpha value is -0.300. The van der Waals surface area contributed by atoms with Gasteiger partial charge in [0.05, 0.1) is 0 Å². The molecule has 3 rings (SSSR count). The standard InChI is InChI=1S/C17H29N/c1-2-5-9-15(10-6-3-1)17(16-11-12-16)13-7-4-8-14-18-17/h9,16,18H,1-8,10-14H2. The molecule has 1 nitrogen and oxygen atoms in total. The highest BCUT2D eigenvalue weighted by Gasteiger charge is 2.46. The lowest BCUT2D eigenvalue weighted by Crippen LogP contribution is -2.48. The Labute approximate surface area is 112 Å². The van der Waals surface area contributed by atoms with Crippen LogP contribution in [-0.4, -0.2) is 12.1 Å². The third kappa shape index (κ3) is 2.66. The zero-order chi connectivity index (χ0) is 12.3. The highest BCUT2D eigenvalue weighted by atomic mass is 15.0. The number of nitrogens with one attached hydrogen (secondary N) is 1. The molecule has 1 saturated heterocycles. The van der Waals surface area contributed by atoms with Gasteiger partial charge < -0.3 is 5.32 Å². The lowest BCUT2D eigenvalue weighted by atomic mass is 9.77. The van der Waals surface area contributed by atoms with Gasteiger partial charge in [0.1, 0.15) is 0 Å². The SMILES string of the molecule is C1=C(C2(C3CC3)CCCCCN2)CCCCCC1. The summed E-state index contributed by atoms with van der Waals surface area (Å²) >= 11 is 0. The van der Waals surface area contributed by atoms with Crippen LogP contribution in [0.5, 0.6) is 0 Å². The van der Waals surface area contributed by atoms with Crippen molar-refractivity contribution in [3.63, 3.8) is 0 Å². The van der Waals surface area contributed by atoms with Crippen LogP contribution in [0.25, 0.3) is 0 Å². The molecule has 1 atom stereocenters. The smallest absolute Gasteiger partial charge is 0.0422 e. The lowest BCUT2D eigenvalue weighted by Gasteiger charge is -2.38. The average Bonchev–Trinajstić information content (AvgIpc) is 3.16. The van der Waals surface area contributed by atoms with Crippen LogP contribution >= 0.6 is 0 Å². The van der Waals surface area contributed by atoms with Gasteiger partial charge in [-0.15, -0.1) is 0 Å². The lowest BCUT2D eigenvalue weighted by molar-refractivity contribution is 0.313. The number of hydrogen-bond acceptors (Lipinski definition) is 1. The van der Waals surface area contributed by atoms with Gasteiger partial charge in [0.25, 0.3) is 0 Å². The fourth-order valence-electron chi connectivity index (χ4n) is 4.16. The van der Waals surface area contributed by atoms with Crippen molar-refractivity contribution in [3.8, 4) is 0 Å². The molecule has 0 aromatic heterocycles. The predicted molar refractivity (Wildman–Crippen MR) is 77.7 cm³/mol. The fourth-order valence-corrected chi connectivity index (χ4v) is 4.16. The van der Waals surface area contributed by atoms with E-state index >= 15 is 0 Å². The average molecular weight is 247 g/mol. The fraction of sp³-hybridized carbons (Fsp3) is 0.882. The quantitative estimate of drug-likeness (QED) is 0.704. The van der Waals surface area contributed by atoms with Crippen molar-refractivity contribution in [3.05, 3.63) is 11.6 Å². The van der Waals surface area contributed by atoms with Crippen LogP contribution < -0.4 is 5.32 Å². The normalized spacial score (nSPS) is 35.2. The summed E-state index contributed by atoms with van der Waals surface area (Å²) in [5, 5.41) is 4.01. The zero-order valence-electron chi connectivity index (χ0n) is 11.8. The monoisotopic (exact) mass is 247 g/mol. The summed E-state index contributed by atoms with van der Waals surface area (Å²) in [5.74, 6) is 0.973. The van der Waals surface area contributed by atoms with Crippen molar-refractivity contribution < 1.29 is 0 Å². The van der Waals surface area contributed by atoms with E-state index in [1.807, 2.05) is 5.57 Å². The molecule has 0 aromatic carbocycles. The molecule has 1 aliphatic heterocycles. The minimum atomic E-state index is 0.438. The van der Waals surface area contributed by atoms with Crippen molar-refractivity contribution in [1.82, 2.24) is 5.32 Å². The van der Waals surface area contributed by atoms with Crippen LogP contribution in [0.15, 0.2) is 11.6 Å². The van der Waals surface area contributed by atoms with E-state index in [1.165, 1.54) is 83.6 Å². The molecular weight excluding hydrogens is 218 g/mol. The Morgan fingerprint density at radius 3 is 2.67 bits per heavy atom. The highest BCUT2D eigenvalue weighted by Crippen LogP contribution is 2.48. The van der Waals surface area contributed by atoms with Gasteiger partial charge >= 0.3 is 0 Å². The molecule has 2 aliphatic carbocycles. The molecule has 2 fully saturated rings. The second kappa shape index (κ2) is 5.77. The van der Waals surface area contributed by atoms with Gasteiger partial charge in [-0.2, -0.15) is 0 Å². The van der Waals surface area contributed by atoms with E-state index in [0.29, 0.717) is 5.54 Å². The minimum Gasteiger partial charge on any atom is -0.307 e. The molecule has 0 radical (unpaired) electrons. The Morgan fingerprint density at radius 2 is 1.78 bits per heavy atom. The minimum absolute atomic E-state index is 0.438. The van der Waals surface area contributed by atoms with Crippen molar-refractivity contribution >= 4 is 0 Å². The molecule has 0 aromatic rings. The van der Waals surface area contributed by atoms with E-state index < -0.39 is 0 Å². The molecule has 0 spiro atoms. The first-order chi connectivity index (χ1) is 8.92. The zero-order valence-corrected chi connectivity index (χ0v) is 11.8. The number of rotatable bonds is 2. The Kier molecular flexibility index (Phi) is 4.08. The van der Waals surface area contributed by atoms with Crippen molar-refractivity contribution in [1.29, 1.82) is 0 Å². The van der Waals surface area contributed by atoms with Crippen LogP contribution in [0.4, 0.5) is 0 Å². The first-order valence-corrected chi connectivity index (χ1v) is 8.36. The van der Waals surface area contributed by atoms with Gasteiger partial charge in [0.2, 0.25) is 0 Å². The van der Waals surface area contributed by atoms with Gasteiger partial charge in [0.15, 0.2) is 0 Å². The van der Waals surface area contributed by atoms with E-state index in [2.05, 4.69) is 11.4 Å². The molecule has 1 heterocycles. The van der Waals surface area contributed by atoms with E-state index in [0.717, 1.165) is 5.92 Å². The van der Waals surface area contributed by atoms with E-state index in [9.17, 15) is 0 Å². The van der Waals surface area contributed by atoms with E-state index in [1.54, 1.807) is 0 Å². The predicted octanol–water partition coefficient (Wildman–Crippen LogP) is 4.58. The summed E-state index contributed by atoms with van der Waals surface area (Å²) in [7, 11) is 0. The number of hydrogen-bond donors (Lipinski definition) is 1. The summed E-state index contributed by atoms with van der Waals surface area (Å²) < 4.78 is 0. The Bertz CT molecular complexity index is 293. The second-order valence-electron chi connectivity index (χ2n) is 6.67. The first-order valence-electron chi connectivity index (χ1n) is 8.36. The largest absolute Gasteiger partial charge is 0.307 e. The van der Waals surface area contributed by atoms with Gasteiger partial charge in [-0.25, -0.2) is 0 Å². The molecular formula is C17H29N. The summed E-state index contributed by atoms with van der Waals surface area (Å²) in [5.41, 5.74) is 2.25. The third-order valence-electron chi connectivity index (χ3n) is 5.33. The molecule has 0 amide bonds. The molecule has 102 valence electrons. The maximum Gasteiger partial charge on any atom is 0.0422 e. The van der Waals surface area contributed by atoms with Crippen LogP contribution in [0.2, 0.25) is 0 Å².